The smallest absolute Gasteiger partial charge is 0.193 e. The number of benzene rings is 2. The van der Waals surface area contributed by atoms with E-state index >= 15 is 0 Å². The van der Waals surface area contributed by atoms with Gasteiger partial charge in [-0.1, -0.05) is 24.3 Å². The van der Waals surface area contributed by atoms with Gasteiger partial charge in [-0.2, -0.15) is 0 Å². The second kappa shape index (κ2) is 11.5. The number of hydrogen-bond acceptors (Lipinski definition) is 4. The van der Waals surface area contributed by atoms with Gasteiger partial charge in [0.25, 0.3) is 0 Å². The highest BCUT2D eigenvalue weighted by atomic mass is 127. The predicted octanol–water partition coefficient (Wildman–Crippen LogP) is 3.27. The summed E-state index contributed by atoms with van der Waals surface area (Å²) < 4.78 is 15.9. The Labute approximate surface area is 165 Å². The molecule has 0 radical (unpaired) electrons. The van der Waals surface area contributed by atoms with E-state index in [4.69, 9.17) is 19.9 Å². The maximum absolute atomic E-state index is 5.92. The molecule has 0 aromatic heterocycles. The summed E-state index contributed by atoms with van der Waals surface area (Å²) in [6, 6.07) is 15.2. The van der Waals surface area contributed by atoms with E-state index < -0.39 is 0 Å². The molecular formula is C18H24IN3O3. The first-order chi connectivity index (χ1) is 11.7. The number of hydrogen-bond donors (Lipinski definition) is 2. The molecule has 136 valence electrons. The third kappa shape index (κ3) is 7.18. The molecule has 6 nitrogen and oxygen atoms in total. The second-order valence-electron chi connectivity index (χ2n) is 5.01. The molecule has 0 unspecified atom stereocenters. The molecule has 0 heterocycles. The van der Waals surface area contributed by atoms with Crippen molar-refractivity contribution >= 4 is 35.6 Å². The van der Waals surface area contributed by atoms with Crippen molar-refractivity contribution in [3.63, 3.8) is 0 Å². The maximum atomic E-state index is 5.92. The molecule has 0 saturated heterocycles. The zero-order valence-corrected chi connectivity index (χ0v) is 16.7. The molecule has 0 bridgehead atoms. The molecule has 3 N–H and O–H groups in total. The van der Waals surface area contributed by atoms with Crippen molar-refractivity contribution in [3.05, 3.63) is 54.1 Å². The summed E-state index contributed by atoms with van der Waals surface area (Å²) >= 11 is 0. The highest BCUT2D eigenvalue weighted by Crippen LogP contribution is 2.18. The van der Waals surface area contributed by atoms with Crippen molar-refractivity contribution in [3.8, 4) is 11.5 Å². The summed E-state index contributed by atoms with van der Waals surface area (Å²) in [7, 11) is 3.28. The van der Waals surface area contributed by atoms with Crippen LogP contribution in [0.25, 0.3) is 0 Å². The van der Waals surface area contributed by atoms with Crippen molar-refractivity contribution in [2.75, 3.05) is 32.7 Å². The number of nitrogens with zero attached hydrogens (tertiary/aromatic N) is 1. The lowest BCUT2D eigenvalue weighted by Gasteiger charge is -2.11. The number of nitrogens with one attached hydrogen (secondary N) is 1. The first kappa shape index (κ1) is 21.0. The summed E-state index contributed by atoms with van der Waals surface area (Å²) in [6.07, 6.45) is 0. The topological polar surface area (TPSA) is 78.1 Å². The first-order valence-corrected chi connectivity index (χ1v) is 7.63. The number of aliphatic imine (C=N–C) groups is 1. The van der Waals surface area contributed by atoms with Crippen LogP contribution in [0, 0.1) is 0 Å². The van der Waals surface area contributed by atoms with Gasteiger partial charge < -0.3 is 25.3 Å². The minimum absolute atomic E-state index is 0. The van der Waals surface area contributed by atoms with Crippen LogP contribution < -0.4 is 20.5 Å². The molecule has 0 amide bonds. The SMILES string of the molecule is COCc1ccccc1NC(N)=NCCOc1cccc(OC)c1.I. The summed E-state index contributed by atoms with van der Waals surface area (Å²) in [5, 5.41) is 3.08. The Morgan fingerprint density at radius 2 is 1.84 bits per heavy atom. The molecule has 7 heteroatoms. The summed E-state index contributed by atoms with van der Waals surface area (Å²) in [4.78, 5) is 4.26. The number of rotatable bonds is 8. The zero-order valence-electron chi connectivity index (χ0n) is 14.4. The maximum Gasteiger partial charge on any atom is 0.193 e. The van der Waals surface area contributed by atoms with E-state index in [9.17, 15) is 0 Å². The van der Waals surface area contributed by atoms with Gasteiger partial charge in [0.15, 0.2) is 5.96 Å². The Balaban J connectivity index is 0.00000312. The fourth-order valence-corrected chi connectivity index (χ4v) is 2.12. The fourth-order valence-electron chi connectivity index (χ4n) is 2.12. The van der Waals surface area contributed by atoms with Crippen LogP contribution in [0.4, 0.5) is 5.69 Å². The minimum Gasteiger partial charge on any atom is -0.497 e. The molecule has 2 aromatic rings. The molecule has 0 atom stereocenters. The van der Waals surface area contributed by atoms with Crippen LogP contribution in [0.15, 0.2) is 53.5 Å². The zero-order chi connectivity index (χ0) is 17.2. The molecule has 0 aliphatic heterocycles. The molecule has 25 heavy (non-hydrogen) atoms. The summed E-state index contributed by atoms with van der Waals surface area (Å²) in [6.45, 7) is 1.38. The normalized spacial score (nSPS) is 10.7. The first-order valence-electron chi connectivity index (χ1n) is 7.63. The van der Waals surface area contributed by atoms with Crippen molar-refractivity contribution in [2.45, 2.75) is 6.61 Å². The summed E-state index contributed by atoms with van der Waals surface area (Å²) in [5.74, 6) is 1.83. The monoisotopic (exact) mass is 457 g/mol. The lowest BCUT2D eigenvalue weighted by molar-refractivity contribution is 0.185. The third-order valence-electron chi connectivity index (χ3n) is 3.26. The van der Waals surface area contributed by atoms with Gasteiger partial charge in [-0.15, -0.1) is 24.0 Å². The van der Waals surface area contributed by atoms with E-state index in [0.29, 0.717) is 25.7 Å². The van der Waals surface area contributed by atoms with Crippen LogP contribution in [-0.2, 0) is 11.3 Å². The van der Waals surface area contributed by atoms with Crippen LogP contribution >= 0.6 is 24.0 Å². The standard InChI is InChI=1S/C18H23N3O3.HI/c1-22-13-14-6-3-4-9-17(14)21-18(19)20-10-11-24-16-8-5-7-15(12-16)23-2;/h3-9,12H,10-11,13H2,1-2H3,(H3,19,20,21);1H. The largest absolute Gasteiger partial charge is 0.497 e. The molecule has 2 rings (SSSR count). The third-order valence-corrected chi connectivity index (χ3v) is 3.26. The van der Waals surface area contributed by atoms with E-state index in [1.54, 1.807) is 14.2 Å². The predicted molar refractivity (Wildman–Crippen MR) is 111 cm³/mol. The Morgan fingerprint density at radius 1 is 1.08 bits per heavy atom. The van der Waals surface area contributed by atoms with Crippen LogP contribution in [0.3, 0.4) is 0 Å². The van der Waals surface area contributed by atoms with Crippen molar-refractivity contribution in [2.24, 2.45) is 10.7 Å². The lowest BCUT2D eigenvalue weighted by atomic mass is 10.2. The molecule has 2 aromatic carbocycles. The Morgan fingerprint density at radius 3 is 2.60 bits per heavy atom. The fraction of sp³-hybridized carbons (Fsp3) is 0.278. The van der Waals surface area contributed by atoms with Crippen molar-refractivity contribution < 1.29 is 14.2 Å². The average molecular weight is 457 g/mol. The van der Waals surface area contributed by atoms with Gasteiger partial charge in [-0.25, -0.2) is 4.99 Å². The number of halogens is 1. The van der Waals surface area contributed by atoms with Crippen LogP contribution in [0.2, 0.25) is 0 Å². The van der Waals surface area contributed by atoms with Gasteiger partial charge in [-0.3, -0.25) is 0 Å². The number of guanidine groups is 1. The van der Waals surface area contributed by atoms with Crippen LogP contribution in [0.1, 0.15) is 5.56 Å². The van der Waals surface area contributed by atoms with Gasteiger partial charge in [0.05, 0.1) is 20.3 Å². The highest BCUT2D eigenvalue weighted by Gasteiger charge is 2.02. The minimum atomic E-state index is 0. The quantitative estimate of drug-likeness (QED) is 0.276. The van der Waals surface area contributed by atoms with Gasteiger partial charge in [0.1, 0.15) is 18.1 Å². The molecular weight excluding hydrogens is 433 g/mol. The van der Waals surface area contributed by atoms with Crippen molar-refractivity contribution in [1.82, 2.24) is 0 Å². The van der Waals surface area contributed by atoms with E-state index in [1.165, 1.54) is 0 Å². The van der Waals surface area contributed by atoms with Crippen LogP contribution in [-0.4, -0.2) is 33.3 Å². The van der Waals surface area contributed by atoms with Crippen LogP contribution in [0.5, 0.6) is 11.5 Å². The van der Waals surface area contributed by atoms with Gasteiger partial charge in [0.2, 0.25) is 0 Å². The molecule has 0 aliphatic rings. The number of ether oxygens (including phenoxy) is 3. The Hall–Kier alpha value is -2.00. The van der Waals surface area contributed by atoms with E-state index in [2.05, 4.69) is 10.3 Å². The van der Waals surface area contributed by atoms with Gasteiger partial charge in [0, 0.05) is 24.4 Å². The highest BCUT2D eigenvalue weighted by molar-refractivity contribution is 14.0. The second-order valence-corrected chi connectivity index (χ2v) is 5.01. The average Bonchev–Trinajstić information content (AvgIpc) is 2.61. The van der Waals surface area contributed by atoms with Crippen molar-refractivity contribution in [1.29, 1.82) is 0 Å². The number of para-hydroxylation sites is 1. The number of methoxy groups -OCH3 is 2. The number of anilines is 1. The van der Waals surface area contributed by atoms with E-state index in [1.807, 2.05) is 48.5 Å². The van der Waals surface area contributed by atoms with E-state index in [-0.39, 0.29) is 24.0 Å². The molecule has 0 spiro atoms. The number of nitrogens with two attached hydrogens (primary N) is 1. The molecule has 0 fully saturated rings. The lowest BCUT2D eigenvalue weighted by Crippen LogP contribution is -2.24. The van der Waals surface area contributed by atoms with Gasteiger partial charge >= 0.3 is 0 Å². The Bertz CT molecular complexity index is 680. The van der Waals surface area contributed by atoms with Gasteiger partial charge in [-0.05, 0) is 18.2 Å². The Kier molecular flexibility index (Phi) is 9.71. The summed E-state index contributed by atoms with van der Waals surface area (Å²) in [5.41, 5.74) is 7.82. The molecule has 0 aliphatic carbocycles. The van der Waals surface area contributed by atoms with E-state index in [0.717, 1.165) is 22.7 Å². The molecule has 0 saturated carbocycles.